The van der Waals surface area contributed by atoms with Crippen molar-refractivity contribution in [2.24, 2.45) is 0 Å². The highest BCUT2D eigenvalue weighted by Gasteiger charge is 2.36. The standard InChI is InChI=1S/C40H26O3/c1-40(2)33-12-5-3-11-30(33)37(41)31-16-14-26(22-34(31)40)24-9-7-8-23(20-24)25-15-19-36-32(21-25)29-18-17-28-27-10-4-6-13-35(27)42-38(28)39(29)43-36/h3-22H,1-2H3. The van der Waals surface area contributed by atoms with Gasteiger partial charge in [0, 0.05) is 38.1 Å². The molecule has 1 aliphatic rings. The highest BCUT2D eigenvalue weighted by atomic mass is 16.4. The summed E-state index contributed by atoms with van der Waals surface area (Å²) in [4.78, 5) is 13.4. The largest absolute Gasteiger partial charge is 0.452 e. The number of hydrogen-bond donors (Lipinski definition) is 0. The Bertz CT molecular complexity index is 2450. The lowest BCUT2D eigenvalue weighted by atomic mass is 9.68. The van der Waals surface area contributed by atoms with E-state index >= 15 is 0 Å². The first kappa shape index (κ1) is 24.2. The molecule has 2 heterocycles. The highest BCUT2D eigenvalue weighted by Crippen LogP contribution is 2.43. The summed E-state index contributed by atoms with van der Waals surface area (Å²) in [6, 6.07) is 41.6. The Balaban J connectivity index is 1.15. The minimum Gasteiger partial charge on any atom is -0.452 e. The van der Waals surface area contributed by atoms with Crippen molar-refractivity contribution < 1.29 is 13.6 Å². The fourth-order valence-corrected chi connectivity index (χ4v) is 7.03. The van der Waals surface area contributed by atoms with Crippen LogP contribution in [0.4, 0.5) is 0 Å². The van der Waals surface area contributed by atoms with Crippen molar-refractivity contribution in [2.45, 2.75) is 19.3 Å². The predicted octanol–water partition coefficient (Wildman–Crippen LogP) is 10.7. The van der Waals surface area contributed by atoms with Gasteiger partial charge in [0.2, 0.25) is 0 Å². The number of furan rings is 2. The van der Waals surface area contributed by atoms with Gasteiger partial charge in [-0.3, -0.25) is 4.79 Å². The number of rotatable bonds is 2. The number of para-hydroxylation sites is 1. The molecule has 0 saturated carbocycles. The number of carbonyl (C=O) groups is 1. The first-order valence-electron chi connectivity index (χ1n) is 14.6. The summed E-state index contributed by atoms with van der Waals surface area (Å²) in [6.07, 6.45) is 0. The smallest absolute Gasteiger partial charge is 0.193 e. The molecule has 8 aromatic rings. The third-order valence-corrected chi connectivity index (χ3v) is 9.29. The summed E-state index contributed by atoms with van der Waals surface area (Å²) >= 11 is 0. The molecule has 0 fully saturated rings. The van der Waals surface area contributed by atoms with Crippen LogP contribution in [0, 0.1) is 0 Å². The topological polar surface area (TPSA) is 43.4 Å². The molecular formula is C40H26O3. The van der Waals surface area contributed by atoms with E-state index in [4.69, 9.17) is 8.83 Å². The Kier molecular flexibility index (Phi) is 4.82. The molecule has 204 valence electrons. The van der Waals surface area contributed by atoms with Crippen molar-refractivity contribution in [2.75, 3.05) is 0 Å². The molecule has 43 heavy (non-hydrogen) atoms. The fraction of sp³-hybridized carbons (Fsp3) is 0.0750. The summed E-state index contributed by atoms with van der Waals surface area (Å²) in [5, 5.41) is 4.26. The highest BCUT2D eigenvalue weighted by molar-refractivity contribution is 6.19. The molecule has 9 rings (SSSR count). The Hall–Kier alpha value is -5.41. The maximum Gasteiger partial charge on any atom is 0.193 e. The van der Waals surface area contributed by atoms with E-state index in [1.54, 1.807) is 0 Å². The maximum absolute atomic E-state index is 13.4. The molecule has 0 amide bonds. The molecule has 0 N–H and O–H groups in total. The van der Waals surface area contributed by atoms with Crippen molar-refractivity contribution in [3.63, 3.8) is 0 Å². The van der Waals surface area contributed by atoms with Crippen LogP contribution in [0.25, 0.3) is 66.1 Å². The summed E-state index contributed by atoms with van der Waals surface area (Å²) in [7, 11) is 0. The van der Waals surface area contributed by atoms with Gasteiger partial charge >= 0.3 is 0 Å². The average Bonchev–Trinajstić information content (AvgIpc) is 3.62. The van der Waals surface area contributed by atoms with Crippen LogP contribution in [-0.2, 0) is 5.41 Å². The van der Waals surface area contributed by atoms with Crippen molar-refractivity contribution in [3.05, 3.63) is 144 Å². The molecule has 0 bridgehead atoms. The van der Waals surface area contributed by atoms with Crippen LogP contribution >= 0.6 is 0 Å². The summed E-state index contributed by atoms with van der Waals surface area (Å²) in [6.45, 7) is 4.42. The molecule has 0 atom stereocenters. The quantitative estimate of drug-likeness (QED) is 0.213. The lowest BCUT2D eigenvalue weighted by Crippen LogP contribution is -2.30. The lowest BCUT2D eigenvalue weighted by Gasteiger charge is -2.34. The number of benzene rings is 6. The van der Waals surface area contributed by atoms with Crippen LogP contribution in [0.5, 0.6) is 0 Å². The number of fused-ring (bicyclic) bond motifs is 9. The Labute approximate surface area is 248 Å². The van der Waals surface area contributed by atoms with E-state index in [0.29, 0.717) is 0 Å². The van der Waals surface area contributed by atoms with E-state index in [9.17, 15) is 4.79 Å². The first-order chi connectivity index (χ1) is 21.0. The van der Waals surface area contributed by atoms with Crippen molar-refractivity contribution in [3.8, 4) is 22.3 Å². The average molecular weight is 555 g/mol. The zero-order chi connectivity index (χ0) is 28.9. The zero-order valence-corrected chi connectivity index (χ0v) is 23.8. The van der Waals surface area contributed by atoms with Crippen LogP contribution < -0.4 is 0 Å². The lowest BCUT2D eigenvalue weighted by molar-refractivity contribution is 0.103. The van der Waals surface area contributed by atoms with Crippen LogP contribution in [0.1, 0.15) is 40.9 Å². The monoisotopic (exact) mass is 554 g/mol. The predicted molar refractivity (Wildman–Crippen MR) is 174 cm³/mol. The van der Waals surface area contributed by atoms with Crippen LogP contribution in [0.2, 0.25) is 0 Å². The van der Waals surface area contributed by atoms with Crippen molar-refractivity contribution >= 4 is 49.7 Å². The molecule has 0 saturated heterocycles. The third-order valence-electron chi connectivity index (χ3n) is 9.29. The van der Waals surface area contributed by atoms with Crippen LogP contribution in [0.3, 0.4) is 0 Å². The molecular weight excluding hydrogens is 528 g/mol. The van der Waals surface area contributed by atoms with E-state index in [-0.39, 0.29) is 11.2 Å². The van der Waals surface area contributed by atoms with Gasteiger partial charge in [-0.15, -0.1) is 0 Å². The molecule has 3 heteroatoms. The van der Waals surface area contributed by atoms with Gasteiger partial charge in [0.15, 0.2) is 16.9 Å². The van der Waals surface area contributed by atoms with Crippen molar-refractivity contribution in [1.29, 1.82) is 0 Å². The second kappa shape index (κ2) is 8.56. The van der Waals surface area contributed by atoms with Crippen LogP contribution in [-0.4, -0.2) is 5.78 Å². The molecule has 6 aromatic carbocycles. The summed E-state index contributed by atoms with van der Waals surface area (Å²) < 4.78 is 12.6. The molecule has 0 aliphatic heterocycles. The molecule has 0 radical (unpaired) electrons. The second-order valence-electron chi connectivity index (χ2n) is 12.1. The number of hydrogen-bond acceptors (Lipinski definition) is 3. The minimum absolute atomic E-state index is 0.103. The normalized spacial score (nSPS) is 14.0. The van der Waals surface area contributed by atoms with E-state index in [0.717, 1.165) is 88.4 Å². The van der Waals surface area contributed by atoms with Crippen molar-refractivity contribution in [1.82, 2.24) is 0 Å². The van der Waals surface area contributed by atoms with Gasteiger partial charge in [-0.1, -0.05) is 92.7 Å². The van der Waals surface area contributed by atoms with Gasteiger partial charge in [-0.2, -0.15) is 0 Å². The van der Waals surface area contributed by atoms with Gasteiger partial charge in [0.05, 0.1) is 0 Å². The molecule has 0 unspecified atom stereocenters. The van der Waals surface area contributed by atoms with Gasteiger partial charge in [-0.05, 0) is 75.8 Å². The van der Waals surface area contributed by atoms with Gasteiger partial charge in [0.25, 0.3) is 0 Å². The fourth-order valence-electron chi connectivity index (χ4n) is 7.03. The number of ketones is 1. The Morgan fingerprint density at radius 1 is 0.465 bits per heavy atom. The van der Waals surface area contributed by atoms with E-state index in [1.165, 1.54) is 0 Å². The van der Waals surface area contributed by atoms with E-state index < -0.39 is 0 Å². The maximum atomic E-state index is 13.4. The molecule has 1 aliphatic carbocycles. The second-order valence-corrected chi connectivity index (χ2v) is 12.1. The first-order valence-corrected chi connectivity index (χ1v) is 14.6. The minimum atomic E-state index is -0.272. The van der Waals surface area contributed by atoms with Gasteiger partial charge in [0.1, 0.15) is 11.2 Å². The molecule has 3 nitrogen and oxygen atoms in total. The third kappa shape index (κ3) is 3.39. The summed E-state index contributed by atoms with van der Waals surface area (Å²) in [5.74, 6) is 0.103. The Morgan fingerprint density at radius 3 is 1.88 bits per heavy atom. The van der Waals surface area contributed by atoms with Crippen LogP contribution in [0.15, 0.2) is 130 Å². The van der Waals surface area contributed by atoms with E-state index in [2.05, 4.69) is 92.7 Å². The summed E-state index contributed by atoms with van der Waals surface area (Å²) in [5.41, 5.74) is 11.2. The molecule has 0 spiro atoms. The van der Waals surface area contributed by atoms with Gasteiger partial charge in [-0.25, -0.2) is 0 Å². The Morgan fingerprint density at radius 2 is 1.07 bits per heavy atom. The zero-order valence-electron chi connectivity index (χ0n) is 23.8. The van der Waals surface area contributed by atoms with E-state index in [1.807, 2.05) is 42.5 Å². The SMILES string of the molecule is CC1(C)c2ccccc2C(=O)c2ccc(-c3cccc(-c4ccc5oc6c(ccc7c8ccccc8oc76)c5c4)c3)cc21. The number of carbonyl (C=O) groups excluding carboxylic acids is 1. The van der Waals surface area contributed by atoms with Gasteiger partial charge < -0.3 is 8.83 Å². The molecule has 2 aromatic heterocycles.